The van der Waals surface area contributed by atoms with E-state index in [0.29, 0.717) is 28.4 Å². The number of fused-ring (bicyclic) bond motifs is 2. The first-order chi connectivity index (χ1) is 14.1. The van der Waals surface area contributed by atoms with Crippen LogP contribution in [0.2, 0.25) is 0 Å². The number of carbonyl (C=O) groups excluding carboxylic acids is 2. The molecule has 0 radical (unpaired) electrons. The van der Waals surface area contributed by atoms with Crippen LogP contribution in [-0.4, -0.2) is 30.3 Å². The van der Waals surface area contributed by atoms with Gasteiger partial charge in [0, 0.05) is 6.54 Å². The SMILES string of the molecule is C=CCn1c(=NC(=O)Cc2ccc3c(c2)OCO3)sc2cc(C(=O)OC)ccc21. The summed E-state index contributed by atoms with van der Waals surface area (Å²) in [7, 11) is 1.34. The van der Waals surface area contributed by atoms with Gasteiger partial charge in [-0.15, -0.1) is 6.58 Å². The maximum absolute atomic E-state index is 12.6. The molecule has 0 saturated heterocycles. The van der Waals surface area contributed by atoms with Crippen LogP contribution in [0, 0.1) is 0 Å². The van der Waals surface area contributed by atoms with E-state index in [-0.39, 0.29) is 19.1 Å². The Balaban J connectivity index is 1.68. The van der Waals surface area contributed by atoms with Gasteiger partial charge in [-0.2, -0.15) is 4.99 Å². The molecule has 0 bridgehead atoms. The first kappa shape index (κ1) is 18.9. The average molecular weight is 410 g/mol. The molecule has 1 aliphatic rings. The van der Waals surface area contributed by atoms with Gasteiger partial charge in [0.15, 0.2) is 16.3 Å². The number of amides is 1. The van der Waals surface area contributed by atoms with Gasteiger partial charge in [0.2, 0.25) is 6.79 Å². The summed E-state index contributed by atoms with van der Waals surface area (Å²) in [5.41, 5.74) is 2.12. The van der Waals surface area contributed by atoms with E-state index in [1.165, 1.54) is 18.4 Å². The Morgan fingerprint density at radius 2 is 2.07 bits per heavy atom. The van der Waals surface area contributed by atoms with Crippen molar-refractivity contribution < 1.29 is 23.8 Å². The summed E-state index contributed by atoms with van der Waals surface area (Å²) < 4.78 is 18.2. The van der Waals surface area contributed by atoms with Crippen LogP contribution in [-0.2, 0) is 22.5 Å². The zero-order valence-corrected chi connectivity index (χ0v) is 16.5. The fraction of sp³-hybridized carbons (Fsp3) is 0.190. The quantitative estimate of drug-likeness (QED) is 0.477. The number of benzene rings is 2. The topological polar surface area (TPSA) is 79.1 Å². The van der Waals surface area contributed by atoms with Gasteiger partial charge in [0.1, 0.15) is 0 Å². The van der Waals surface area contributed by atoms with Crippen LogP contribution in [0.1, 0.15) is 15.9 Å². The van der Waals surface area contributed by atoms with E-state index in [1.54, 1.807) is 30.3 Å². The highest BCUT2D eigenvalue weighted by Crippen LogP contribution is 2.32. The van der Waals surface area contributed by atoms with Gasteiger partial charge >= 0.3 is 5.97 Å². The van der Waals surface area contributed by atoms with Crippen LogP contribution in [0.4, 0.5) is 0 Å². The van der Waals surface area contributed by atoms with Gasteiger partial charge in [0.05, 0.1) is 29.3 Å². The molecule has 0 aliphatic carbocycles. The summed E-state index contributed by atoms with van der Waals surface area (Å²) in [4.78, 5) is 29.2. The Morgan fingerprint density at radius 3 is 2.86 bits per heavy atom. The lowest BCUT2D eigenvalue weighted by Crippen LogP contribution is -2.17. The molecule has 7 nitrogen and oxygen atoms in total. The van der Waals surface area contributed by atoms with Crippen LogP contribution in [0.5, 0.6) is 11.5 Å². The number of ether oxygens (including phenoxy) is 3. The Bertz CT molecular complexity index is 1190. The van der Waals surface area contributed by atoms with E-state index in [4.69, 9.17) is 14.2 Å². The van der Waals surface area contributed by atoms with Crippen molar-refractivity contribution in [3.63, 3.8) is 0 Å². The standard InChI is InChI=1S/C21H18N2O5S/c1-3-8-23-15-6-5-14(20(25)26-2)11-18(15)29-21(23)22-19(24)10-13-4-7-16-17(9-13)28-12-27-16/h3-7,9,11H,1,8,10,12H2,2H3. The molecule has 0 fully saturated rings. The number of thiazole rings is 1. The summed E-state index contributed by atoms with van der Waals surface area (Å²) in [5.74, 6) is 0.622. The van der Waals surface area contributed by atoms with Gasteiger partial charge in [-0.05, 0) is 35.9 Å². The molecule has 1 aromatic heterocycles. The Kier molecular flexibility index (Phi) is 5.18. The molecular weight excluding hydrogens is 392 g/mol. The van der Waals surface area contributed by atoms with E-state index in [0.717, 1.165) is 15.8 Å². The molecule has 1 amide bonds. The molecule has 0 N–H and O–H groups in total. The summed E-state index contributed by atoms with van der Waals surface area (Å²) in [5, 5.41) is 0. The molecular formula is C21H18N2O5S. The first-order valence-electron chi connectivity index (χ1n) is 8.87. The summed E-state index contributed by atoms with van der Waals surface area (Å²) in [6, 6.07) is 10.7. The van der Waals surface area contributed by atoms with Gasteiger partial charge in [-0.1, -0.05) is 23.5 Å². The highest BCUT2D eigenvalue weighted by atomic mass is 32.1. The van der Waals surface area contributed by atoms with Crippen LogP contribution in [0.3, 0.4) is 0 Å². The highest BCUT2D eigenvalue weighted by molar-refractivity contribution is 7.16. The molecule has 148 valence electrons. The molecule has 3 aromatic rings. The lowest BCUT2D eigenvalue weighted by molar-refractivity contribution is -0.117. The lowest BCUT2D eigenvalue weighted by Gasteiger charge is -2.03. The minimum atomic E-state index is -0.409. The Morgan fingerprint density at radius 1 is 1.24 bits per heavy atom. The third-order valence-corrected chi connectivity index (χ3v) is 5.47. The number of methoxy groups -OCH3 is 1. The lowest BCUT2D eigenvalue weighted by atomic mass is 10.1. The van der Waals surface area contributed by atoms with Crippen molar-refractivity contribution in [1.82, 2.24) is 4.57 Å². The number of aromatic nitrogens is 1. The maximum Gasteiger partial charge on any atom is 0.337 e. The number of carbonyl (C=O) groups is 2. The summed E-state index contributed by atoms with van der Waals surface area (Å²) >= 11 is 1.34. The molecule has 8 heteroatoms. The van der Waals surface area contributed by atoms with Gasteiger partial charge in [-0.3, -0.25) is 4.79 Å². The van der Waals surface area contributed by atoms with Crippen molar-refractivity contribution in [2.45, 2.75) is 13.0 Å². The fourth-order valence-corrected chi connectivity index (χ4v) is 4.18. The molecule has 0 unspecified atom stereocenters. The number of rotatable bonds is 5. The molecule has 0 atom stereocenters. The van der Waals surface area contributed by atoms with Crippen molar-refractivity contribution in [3.05, 3.63) is 65.0 Å². The van der Waals surface area contributed by atoms with Gasteiger partial charge < -0.3 is 18.8 Å². The predicted octanol–water partition coefficient (Wildman–Crippen LogP) is 3.07. The highest BCUT2D eigenvalue weighted by Gasteiger charge is 2.15. The van der Waals surface area contributed by atoms with Crippen molar-refractivity contribution in [1.29, 1.82) is 0 Å². The molecule has 0 spiro atoms. The number of hydrogen-bond donors (Lipinski definition) is 0. The van der Waals surface area contributed by atoms with Crippen LogP contribution < -0.4 is 14.3 Å². The molecule has 2 aromatic carbocycles. The Labute approximate surface area is 170 Å². The normalized spacial score (nSPS) is 12.9. The minimum absolute atomic E-state index is 0.145. The van der Waals surface area contributed by atoms with Crippen molar-refractivity contribution in [3.8, 4) is 11.5 Å². The monoisotopic (exact) mass is 410 g/mol. The second-order valence-electron chi connectivity index (χ2n) is 6.33. The molecule has 0 saturated carbocycles. The molecule has 4 rings (SSSR count). The number of esters is 1. The maximum atomic E-state index is 12.6. The average Bonchev–Trinajstić information content (AvgIpc) is 3.31. The number of allylic oxidation sites excluding steroid dienone is 1. The van der Waals surface area contributed by atoms with Crippen molar-refractivity contribution in [2.75, 3.05) is 13.9 Å². The van der Waals surface area contributed by atoms with Gasteiger partial charge in [-0.25, -0.2) is 4.79 Å². The van der Waals surface area contributed by atoms with Crippen LogP contribution >= 0.6 is 11.3 Å². The third kappa shape index (κ3) is 3.79. The van der Waals surface area contributed by atoms with E-state index in [2.05, 4.69) is 11.6 Å². The van der Waals surface area contributed by atoms with E-state index in [9.17, 15) is 9.59 Å². The van der Waals surface area contributed by atoms with E-state index >= 15 is 0 Å². The van der Waals surface area contributed by atoms with E-state index < -0.39 is 5.97 Å². The second-order valence-corrected chi connectivity index (χ2v) is 7.34. The third-order valence-electron chi connectivity index (χ3n) is 4.43. The van der Waals surface area contributed by atoms with Gasteiger partial charge in [0.25, 0.3) is 5.91 Å². The second kappa shape index (κ2) is 7.92. The zero-order valence-electron chi connectivity index (χ0n) is 15.7. The van der Waals surface area contributed by atoms with Crippen LogP contribution in [0.15, 0.2) is 54.0 Å². The first-order valence-corrected chi connectivity index (χ1v) is 9.69. The molecule has 29 heavy (non-hydrogen) atoms. The predicted molar refractivity (Wildman–Crippen MR) is 108 cm³/mol. The minimum Gasteiger partial charge on any atom is -0.465 e. The molecule has 2 heterocycles. The number of nitrogens with zero attached hydrogens (tertiary/aromatic N) is 2. The largest absolute Gasteiger partial charge is 0.465 e. The molecule has 1 aliphatic heterocycles. The number of hydrogen-bond acceptors (Lipinski definition) is 6. The fourth-order valence-electron chi connectivity index (χ4n) is 3.08. The van der Waals surface area contributed by atoms with Crippen molar-refractivity contribution in [2.24, 2.45) is 4.99 Å². The van der Waals surface area contributed by atoms with Crippen molar-refractivity contribution >= 4 is 33.4 Å². The van der Waals surface area contributed by atoms with E-state index in [1.807, 2.05) is 16.7 Å². The summed E-state index contributed by atoms with van der Waals surface area (Å²) in [6.07, 6.45) is 1.88. The zero-order chi connectivity index (χ0) is 20.4. The smallest absolute Gasteiger partial charge is 0.337 e. The van der Waals surface area contributed by atoms with Crippen LogP contribution in [0.25, 0.3) is 10.2 Å². The summed E-state index contributed by atoms with van der Waals surface area (Å²) in [6.45, 7) is 4.46. The Hall–Kier alpha value is -3.39.